The largest absolute Gasteiger partial charge is 0.394 e. The van der Waals surface area contributed by atoms with Crippen LogP contribution in [0.5, 0.6) is 0 Å². The molecule has 1 aliphatic carbocycles. The number of benzene rings is 2. The zero-order chi connectivity index (χ0) is 18.6. The van der Waals surface area contributed by atoms with E-state index >= 15 is 0 Å². The van der Waals surface area contributed by atoms with E-state index in [9.17, 15) is 0 Å². The van der Waals surface area contributed by atoms with Crippen LogP contribution in [0.3, 0.4) is 0 Å². The zero-order valence-corrected chi connectivity index (χ0v) is 16.4. The predicted molar refractivity (Wildman–Crippen MR) is 115 cm³/mol. The van der Waals surface area contributed by atoms with E-state index in [1.54, 1.807) is 0 Å². The van der Waals surface area contributed by atoms with Gasteiger partial charge < -0.3 is 5.32 Å². The molecular weight excluding hydrogens is 330 g/mol. The summed E-state index contributed by atoms with van der Waals surface area (Å²) in [6.07, 6.45) is 14.0. The van der Waals surface area contributed by atoms with Gasteiger partial charge in [0.15, 0.2) is 0 Å². The van der Waals surface area contributed by atoms with E-state index in [2.05, 4.69) is 65.6 Å². The lowest BCUT2D eigenvalue weighted by Gasteiger charge is -2.21. The molecule has 1 fully saturated rings. The summed E-state index contributed by atoms with van der Waals surface area (Å²) in [5.74, 6) is 0. The van der Waals surface area contributed by atoms with Crippen molar-refractivity contribution < 1.29 is 0 Å². The number of nitrogens with zero attached hydrogens (tertiary/aromatic N) is 2. The third kappa shape index (κ3) is 3.64. The molecule has 0 bridgehead atoms. The van der Waals surface area contributed by atoms with Gasteiger partial charge in [-0.25, -0.2) is 0 Å². The van der Waals surface area contributed by atoms with Gasteiger partial charge in [0.25, 0.3) is 0 Å². The molecule has 27 heavy (non-hydrogen) atoms. The van der Waals surface area contributed by atoms with E-state index in [4.69, 9.17) is 5.10 Å². The highest BCUT2D eigenvalue weighted by Crippen LogP contribution is 2.34. The Morgan fingerprint density at radius 2 is 1.93 bits per heavy atom. The standard InChI is InChI=1S/C24H29N3/c1-3-18-16-24-20(17-27(26-24)21-10-5-4-6-11-21)15-23(18)22-12-8-7-9-19(22)13-14-25-2/h7-9,12-17,21,25H,3-6,10-11H2,1-2H3/b14-13-. The van der Waals surface area contributed by atoms with Crippen LogP contribution >= 0.6 is 0 Å². The monoisotopic (exact) mass is 359 g/mol. The number of aromatic nitrogens is 2. The Morgan fingerprint density at radius 3 is 2.70 bits per heavy atom. The summed E-state index contributed by atoms with van der Waals surface area (Å²) in [7, 11) is 1.93. The molecule has 0 unspecified atom stereocenters. The summed E-state index contributed by atoms with van der Waals surface area (Å²) in [6.45, 7) is 2.23. The lowest BCUT2D eigenvalue weighted by atomic mass is 9.93. The quantitative estimate of drug-likeness (QED) is 0.609. The third-order valence-corrected chi connectivity index (χ3v) is 5.76. The predicted octanol–water partition coefficient (Wildman–Crippen LogP) is 5.96. The van der Waals surface area contributed by atoms with Gasteiger partial charge in [0.05, 0.1) is 11.6 Å². The van der Waals surface area contributed by atoms with Crippen LogP contribution in [0.2, 0.25) is 0 Å². The summed E-state index contributed by atoms with van der Waals surface area (Å²) < 4.78 is 2.24. The Kier molecular flexibility index (Phi) is 5.28. The molecule has 3 heteroatoms. The molecule has 2 aromatic carbocycles. The van der Waals surface area contributed by atoms with Crippen molar-refractivity contribution in [3.63, 3.8) is 0 Å². The summed E-state index contributed by atoms with van der Waals surface area (Å²) in [6, 6.07) is 13.8. The Bertz CT molecular complexity index is 945. The van der Waals surface area contributed by atoms with E-state index in [1.165, 1.54) is 59.7 Å². The number of fused-ring (bicyclic) bond motifs is 1. The number of hydrogen-bond donors (Lipinski definition) is 1. The van der Waals surface area contributed by atoms with Gasteiger partial charge in [0.2, 0.25) is 0 Å². The van der Waals surface area contributed by atoms with Gasteiger partial charge in [0.1, 0.15) is 0 Å². The SMILES string of the molecule is CCc1cc2nn(C3CCCCC3)cc2cc1-c1ccccc1/C=C\NC. The van der Waals surface area contributed by atoms with E-state index < -0.39 is 0 Å². The molecule has 0 saturated heterocycles. The Balaban J connectivity index is 1.80. The average molecular weight is 360 g/mol. The van der Waals surface area contributed by atoms with Gasteiger partial charge in [-0.1, -0.05) is 50.5 Å². The lowest BCUT2D eigenvalue weighted by molar-refractivity contribution is 0.331. The van der Waals surface area contributed by atoms with Crippen molar-refractivity contribution >= 4 is 17.0 Å². The van der Waals surface area contributed by atoms with Gasteiger partial charge in [0, 0.05) is 18.6 Å². The lowest BCUT2D eigenvalue weighted by Crippen LogP contribution is -2.12. The summed E-state index contributed by atoms with van der Waals surface area (Å²) in [5, 5.41) is 9.29. The molecule has 1 N–H and O–H groups in total. The van der Waals surface area contributed by atoms with Gasteiger partial charge >= 0.3 is 0 Å². The van der Waals surface area contributed by atoms with Crippen LogP contribution in [-0.2, 0) is 6.42 Å². The van der Waals surface area contributed by atoms with Gasteiger partial charge in [-0.15, -0.1) is 0 Å². The molecule has 3 aromatic rings. The van der Waals surface area contributed by atoms with Crippen molar-refractivity contribution in [2.75, 3.05) is 7.05 Å². The highest BCUT2D eigenvalue weighted by Gasteiger charge is 2.17. The van der Waals surface area contributed by atoms with Crippen LogP contribution in [0.25, 0.3) is 28.1 Å². The molecule has 140 valence electrons. The van der Waals surface area contributed by atoms with Crippen molar-refractivity contribution in [1.29, 1.82) is 0 Å². The number of rotatable bonds is 5. The first-order valence-electron chi connectivity index (χ1n) is 10.2. The fraction of sp³-hybridized carbons (Fsp3) is 0.375. The molecule has 0 radical (unpaired) electrons. The number of hydrogen-bond acceptors (Lipinski definition) is 2. The van der Waals surface area contributed by atoms with Gasteiger partial charge in [-0.3, -0.25) is 4.68 Å². The second kappa shape index (κ2) is 7.99. The number of aryl methyl sites for hydroxylation is 1. The van der Waals surface area contributed by atoms with Gasteiger partial charge in [-0.2, -0.15) is 5.10 Å². The van der Waals surface area contributed by atoms with E-state index in [0.717, 1.165) is 11.9 Å². The second-order valence-electron chi connectivity index (χ2n) is 7.53. The highest BCUT2D eigenvalue weighted by molar-refractivity contribution is 5.88. The Morgan fingerprint density at radius 1 is 1.11 bits per heavy atom. The van der Waals surface area contributed by atoms with Crippen LogP contribution < -0.4 is 5.32 Å². The first-order chi connectivity index (χ1) is 13.3. The molecular formula is C24H29N3. The number of nitrogens with one attached hydrogen (secondary N) is 1. The van der Waals surface area contributed by atoms with Crippen molar-refractivity contribution in [2.45, 2.75) is 51.5 Å². The molecule has 4 rings (SSSR count). The van der Waals surface area contributed by atoms with E-state index in [1.807, 2.05) is 13.2 Å². The first-order valence-corrected chi connectivity index (χ1v) is 10.2. The minimum absolute atomic E-state index is 0.575. The smallest absolute Gasteiger partial charge is 0.0926 e. The molecule has 3 nitrogen and oxygen atoms in total. The molecule has 0 atom stereocenters. The molecule has 1 saturated carbocycles. The minimum atomic E-state index is 0.575. The van der Waals surface area contributed by atoms with E-state index in [0.29, 0.717) is 6.04 Å². The summed E-state index contributed by atoms with van der Waals surface area (Å²) in [4.78, 5) is 0. The molecule has 1 aliphatic rings. The highest BCUT2D eigenvalue weighted by atomic mass is 15.3. The molecule has 0 aliphatic heterocycles. The third-order valence-electron chi connectivity index (χ3n) is 5.76. The van der Waals surface area contributed by atoms with Crippen molar-refractivity contribution in [3.8, 4) is 11.1 Å². The maximum atomic E-state index is 4.94. The maximum absolute atomic E-state index is 4.94. The Hall–Kier alpha value is -2.55. The van der Waals surface area contributed by atoms with Crippen LogP contribution in [0.1, 0.15) is 56.2 Å². The minimum Gasteiger partial charge on any atom is -0.394 e. The fourth-order valence-corrected chi connectivity index (χ4v) is 4.27. The maximum Gasteiger partial charge on any atom is 0.0926 e. The van der Waals surface area contributed by atoms with E-state index in [-0.39, 0.29) is 0 Å². The zero-order valence-electron chi connectivity index (χ0n) is 16.4. The van der Waals surface area contributed by atoms with Crippen LogP contribution in [-0.4, -0.2) is 16.8 Å². The van der Waals surface area contributed by atoms with Gasteiger partial charge in [-0.05, 0) is 65.9 Å². The van der Waals surface area contributed by atoms with Crippen molar-refractivity contribution in [1.82, 2.24) is 15.1 Å². The normalized spacial score (nSPS) is 15.6. The topological polar surface area (TPSA) is 29.9 Å². The Labute approximate surface area is 162 Å². The molecule has 1 heterocycles. The van der Waals surface area contributed by atoms with Crippen molar-refractivity contribution in [2.24, 2.45) is 0 Å². The van der Waals surface area contributed by atoms with Crippen molar-refractivity contribution in [3.05, 3.63) is 59.9 Å². The molecule has 1 aromatic heterocycles. The second-order valence-corrected chi connectivity index (χ2v) is 7.53. The van der Waals surface area contributed by atoms with Crippen LogP contribution in [0, 0.1) is 0 Å². The summed E-state index contributed by atoms with van der Waals surface area (Å²) >= 11 is 0. The summed E-state index contributed by atoms with van der Waals surface area (Å²) in [5.41, 5.74) is 6.34. The van der Waals surface area contributed by atoms with Crippen LogP contribution in [0.15, 0.2) is 48.8 Å². The molecule has 0 amide bonds. The first kappa shape index (κ1) is 17.8. The molecule has 0 spiro atoms. The fourth-order valence-electron chi connectivity index (χ4n) is 4.27. The average Bonchev–Trinajstić information content (AvgIpc) is 3.15. The van der Waals surface area contributed by atoms with Crippen LogP contribution in [0.4, 0.5) is 0 Å².